The Bertz CT molecular complexity index is 2230. The first-order valence-electron chi connectivity index (χ1n) is 28.4. The molecule has 5 aliphatic carbocycles. The normalized spacial score (nSPS) is 53.0. The maximum atomic E-state index is 14.8. The zero-order valence-corrected chi connectivity index (χ0v) is 46.6. The molecule has 0 amide bonds. The van der Waals surface area contributed by atoms with Crippen LogP contribution < -0.4 is 0 Å². The first-order chi connectivity index (χ1) is 37.6. The van der Waals surface area contributed by atoms with Gasteiger partial charge in [0.2, 0.25) is 6.29 Å². The van der Waals surface area contributed by atoms with Crippen LogP contribution in [0.1, 0.15) is 106 Å². The van der Waals surface area contributed by atoms with Crippen molar-refractivity contribution in [3.8, 4) is 0 Å². The van der Waals surface area contributed by atoms with Crippen molar-refractivity contribution in [2.45, 2.75) is 235 Å². The van der Waals surface area contributed by atoms with Crippen LogP contribution in [0.5, 0.6) is 0 Å². The number of hydrogen-bond donors (Lipinski definition) is 14. The van der Waals surface area contributed by atoms with Crippen molar-refractivity contribution in [1.29, 1.82) is 0 Å². The van der Waals surface area contributed by atoms with E-state index in [0.29, 0.717) is 44.9 Å². The summed E-state index contributed by atoms with van der Waals surface area (Å²) in [6.07, 6.45) is -26.5. The van der Waals surface area contributed by atoms with E-state index in [0.717, 1.165) is 18.4 Å². The van der Waals surface area contributed by atoms with Gasteiger partial charge in [-0.3, -0.25) is 9.59 Å². The van der Waals surface area contributed by atoms with Gasteiger partial charge in [0.25, 0.3) is 0 Å². The molecule has 4 aliphatic heterocycles. The molecule has 14 N–H and O–H groups in total. The molecule has 0 radical (unpaired) electrons. The van der Waals surface area contributed by atoms with Crippen LogP contribution in [0.4, 0.5) is 0 Å². The molecule has 0 bridgehead atoms. The summed E-state index contributed by atoms with van der Waals surface area (Å²) >= 11 is 0. The molecule has 0 spiro atoms. The Kier molecular flexibility index (Phi) is 17.9. The van der Waals surface area contributed by atoms with E-state index in [1.807, 2.05) is 6.92 Å². The van der Waals surface area contributed by atoms with Crippen molar-refractivity contribution in [2.75, 3.05) is 33.5 Å². The highest BCUT2D eigenvalue weighted by Gasteiger charge is 2.71. The summed E-state index contributed by atoms with van der Waals surface area (Å²) in [6.45, 7) is 9.98. The van der Waals surface area contributed by atoms with Gasteiger partial charge in [0, 0.05) is 0 Å². The van der Waals surface area contributed by atoms with E-state index in [1.54, 1.807) is 0 Å². The number of carbonyl (C=O) groups excluding carboxylic acids is 2. The van der Waals surface area contributed by atoms with Crippen LogP contribution in [0.2, 0.25) is 0 Å². The largest absolute Gasteiger partial charge is 0.469 e. The van der Waals surface area contributed by atoms with E-state index in [2.05, 4.69) is 40.7 Å². The molecule has 458 valence electrons. The molecule has 25 heteroatoms. The lowest BCUT2D eigenvalue weighted by atomic mass is 9.33. The summed E-state index contributed by atoms with van der Waals surface area (Å²) in [6, 6.07) is 0. The molecule has 0 unspecified atom stereocenters. The first kappa shape index (κ1) is 62.4. The fourth-order valence-corrected chi connectivity index (χ4v) is 16.8. The van der Waals surface area contributed by atoms with Crippen molar-refractivity contribution in [3.63, 3.8) is 0 Å². The van der Waals surface area contributed by atoms with E-state index in [4.69, 9.17) is 42.6 Å². The predicted octanol–water partition coefficient (Wildman–Crippen LogP) is -2.88. The maximum Gasteiger partial charge on any atom is 0.315 e. The zero-order chi connectivity index (χ0) is 58.6. The quantitative estimate of drug-likeness (QED) is 0.0500. The molecule has 4 heterocycles. The van der Waals surface area contributed by atoms with Gasteiger partial charge in [-0.1, -0.05) is 46.3 Å². The molecule has 4 saturated carbocycles. The Balaban J connectivity index is 0.895. The Morgan fingerprint density at radius 2 is 1.00 bits per heavy atom. The number of aliphatic hydroxyl groups excluding tert-OH is 14. The molecule has 0 aromatic carbocycles. The molecular weight excluding hydrogens is 1060 g/mol. The second-order valence-corrected chi connectivity index (χ2v) is 26.2. The van der Waals surface area contributed by atoms with Crippen LogP contribution in [0.15, 0.2) is 11.6 Å². The highest BCUT2D eigenvalue weighted by molar-refractivity contribution is 5.81. The topological polar surface area (TPSA) is 400 Å². The third-order valence-corrected chi connectivity index (χ3v) is 21.9. The van der Waals surface area contributed by atoms with Gasteiger partial charge in [0.05, 0.1) is 50.5 Å². The van der Waals surface area contributed by atoms with Crippen LogP contribution in [-0.4, -0.2) is 246 Å². The average molecular weight is 1150 g/mol. The third-order valence-electron chi connectivity index (χ3n) is 21.9. The molecule has 29 atom stereocenters. The van der Waals surface area contributed by atoms with Crippen LogP contribution >= 0.6 is 0 Å². The van der Waals surface area contributed by atoms with Gasteiger partial charge in [-0.15, -0.1) is 0 Å². The number of carbonyl (C=O) groups is 2. The van der Waals surface area contributed by atoms with E-state index in [1.165, 1.54) is 7.11 Å². The Morgan fingerprint density at radius 3 is 1.52 bits per heavy atom. The molecule has 9 rings (SSSR count). The van der Waals surface area contributed by atoms with Gasteiger partial charge in [-0.2, -0.15) is 0 Å². The van der Waals surface area contributed by atoms with Gasteiger partial charge in [0.15, 0.2) is 18.9 Å². The molecule has 4 saturated heterocycles. The van der Waals surface area contributed by atoms with E-state index < -0.39 is 189 Å². The number of hydrogen-bond acceptors (Lipinski definition) is 25. The molecule has 9 aliphatic rings. The second kappa shape index (κ2) is 22.9. The summed E-state index contributed by atoms with van der Waals surface area (Å²) in [5.41, 5.74) is -2.59. The van der Waals surface area contributed by atoms with Crippen molar-refractivity contribution >= 4 is 11.9 Å². The van der Waals surface area contributed by atoms with Gasteiger partial charge in [0.1, 0.15) is 97.7 Å². The van der Waals surface area contributed by atoms with Gasteiger partial charge >= 0.3 is 11.9 Å². The number of aliphatic hydroxyl groups is 14. The number of esters is 2. The van der Waals surface area contributed by atoms with E-state index >= 15 is 0 Å². The minimum Gasteiger partial charge on any atom is -0.469 e. The Hall–Kier alpha value is -2.16. The highest BCUT2D eigenvalue weighted by atomic mass is 16.8. The van der Waals surface area contributed by atoms with Crippen LogP contribution in [-0.2, 0) is 52.2 Å². The van der Waals surface area contributed by atoms with Crippen LogP contribution in [0.25, 0.3) is 0 Å². The third kappa shape index (κ3) is 9.93. The molecule has 0 aromatic rings. The first-order valence-corrected chi connectivity index (χ1v) is 28.4. The van der Waals surface area contributed by atoms with Crippen LogP contribution in [0.3, 0.4) is 0 Å². The lowest BCUT2D eigenvalue weighted by Gasteiger charge is -2.71. The number of allylic oxidation sites excluding steroid dienone is 2. The maximum absolute atomic E-state index is 14.8. The number of methoxy groups -OCH3 is 1. The zero-order valence-electron chi connectivity index (χ0n) is 46.6. The monoisotopic (exact) mass is 1150 g/mol. The van der Waals surface area contributed by atoms with Gasteiger partial charge in [-0.25, -0.2) is 0 Å². The highest BCUT2D eigenvalue weighted by Crippen LogP contribution is 2.76. The summed E-state index contributed by atoms with van der Waals surface area (Å²) in [5, 5.41) is 149. The molecular formula is C55H88O25. The Morgan fingerprint density at radius 1 is 0.525 bits per heavy atom. The van der Waals surface area contributed by atoms with E-state index in [9.17, 15) is 81.1 Å². The molecule has 0 aromatic heterocycles. The summed E-state index contributed by atoms with van der Waals surface area (Å²) in [7, 11) is 1.35. The predicted molar refractivity (Wildman–Crippen MR) is 269 cm³/mol. The lowest BCUT2D eigenvalue weighted by Crippen LogP contribution is -2.67. The van der Waals surface area contributed by atoms with Crippen molar-refractivity contribution in [3.05, 3.63) is 11.6 Å². The Labute approximate surface area is 464 Å². The number of ether oxygens (including phenoxy) is 9. The summed E-state index contributed by atoms with van der Waals surface area (Å²) < 4.78 is 52.5. The minimum atomic E-state index is -1.98. The second-order valence-electron chi connectivity index (χ2n) is 26.2. The average Bonchev–Trinajstić information content (AvgIpc) is 3.43. The van der Waals surface area contributed by atoms with Gasteiger partial charge < -0.3 is 114 Å². The van der Waals surface area contributed by atoms with Gasteiger partial charge in [-0.05, 0) is 111 Å². The molecule has 8 fully saturated rings. The summed E-state index contributed by atoms with van der Waals surface area (Å²) in [4.78, 5) is 28.4. The number of rotatable bonds is 13. The minimum absolute atomic E-state index is 0.0681. The fraction of sp³-hybridized carbons (Fsp3) is 0.927. The van der Waals surface area contributed by atoms with Crippen molar-refractivity contribution < 1.29 is 124 Å². The van der Waals surface area contributed by atoms with Crippen LogP contribution in [0, 0.1) is 50.2 Å². The number of fused-ring (bicyclic) bond motifs is 7. The lowest BCUT2D eigenvalue weighted by molar-refractivity contribution is -0.383. The fourth-order valence-electron chi connectivity index (χ4n) is 16.8. The SMILES string of the molecule is COC(=O)[C@@]1(C)CC[C@]2(C(=O)O[C@@H]3O[C@H](CO)[C@@H](O)[C@H](O)[C@H]3O)CC[C@]3(C)C(=CC[C@@H]4[C@@]5(C)CC[C@H](O[C@@H]6O[C@H](CO)[C@@H](O[C@@H]7O[C@H](CO)[C@@H](O[C@@H]8O[C@H](CO)[C@@H](O)[C@@H](O)[C@H]8O)[C@H](O)[C@H]7O)[C@H](O)[C@H]6O)C(C)(C)[C@@H]5CC[C@]43C)[C@@H]2C1. The van der Waals surface area contributed by atoms with Crippen molar-refractivity contribution in [2.24, 2.45) is 50.2 Å². The summed E-state index contributed by atoms with van der Waals surface area (Å²) in [5.74, 6) is -1.31. The standard InChI is InChI=1S/C55H88O25/c1-50(2)29-10-13-54(6)30(9-8-23-24-18-51(3,48(70)72-7)14-16-55(24,17-15-53(23,54)5)49(71)80-47-39(67)35(63)33(61)26(20-57)74-47)52(29,4)12-11-31(50)77-44-40(68)36(64)42(27(21-58)75-44)79-46-41(69)37(65)43(28(22-59)76-46)78-45-38(66)34(62)32(60)25(19-56)73-45/h8,24-47,56-69H,9-22H2,1-7H3/t24-,25+,26+,27+,28+,29-,30+,31-,32+,33+,34+,35-,36+,37+,38+,39+,40+,41+,42+,43+,44-,45-,46-,47-,51-,52-,53+,54+,55-/m0/s1. The van der Waals surface area contributed by atoms with Crippen molar-refractivity contribution in [1.82, 2.24) is 0 Å². The smallest absolute Gasteiger partial charge is 0.315 e. The molecule has 80 heavy (non-hydrogen) atoms. The molecule has 25 nitrogen and oxygen atoms in total. The van der Waals surface area contributed by atoms with E-state index in [-0.39, 0.29) is 35.1 Å².